The van der Waals surface area contributed by atoms with Gasteiger partial charge in [-0.2, -0.15) is 13.2 Å². The van der Waals surface area contributed by atoms with Gasteiger partial charge < -0.3 is 20.7 Å². The number of nitrogens with zero attached hydrogens (tertiary/aromatic N) is 1. The first-order valence-corrected chi connectivity index (χ1v) is 10.0. The quantitative estimate of drug-likeness (QED) is 0.531. The molecule has 0 bridgehead atoms. The van der Waals surface area contributed by atoms with Crippen molar-refractivity contribution in [1.82, 2.24) is 15.6 Å². The standard InChI is InChI=1S/C22H27F3N4O3/c1-21(2,3)32-20(31)29-17(14-15-8-5-4-6-9-15)19(30)28-13-12-27-18-16(22(23,24)25)10-7-11-26-18/h4-11,17H,12-14H2,1-3H3,(H,26,27)(H,28,30)(H,29,31). The lowest BCUT2D eigenvalue weighted by molar-refractivity contribution is -0.137. The van der Waals surface area contributed by atoms with Crippen molar-refractivity contribution >= 4 is 17.8 Å². The number of amides is 2. The van der Waals surface area contributed by atoms with Crippen LogP contribution in [0.1, 0.15) is 31.9 Å². The minimum Gasteiger partial charge on any atom is -0.444 e. The van der Waals surface area contributed by atoms with Crippen LogP contribution < -0.4 is 16.0 Å². The second-order valence-electron chi connectivity index (χ2n) is 8.00. The number of aromatic nitrogens is 1. The summed E-state index contributed by atoms with van der Waals surface area (Å²) in [4.78, 5) is 28.6. The van der Waals surface area contributed by atoms with Gasteiger partial charge in [0, 0.05) is 25.7 Å². The highest BCUT2D eigenvalue weighted by atomic mass is 19.4. The highest BCUT2D eigenvalue weighted by molar-refractivity contribution is 5.86. The first kappa shape index (κ1) is 25.0. The summed E-state index contributed by atoms with van der Waals surface area (Å²) in [7, 11) is 0. The van der Waals surface area contributed by atoms with Crippen molar-refractivity contribution in [3.05, 3.63) is 59.8 Å². The molecular formula is C22H27F3N4O3. The average Bonchev–Trinajstić information content (AvgIpc) is 2.69. The van der Waals surface area contributed by atoms with Crippen LogP contribution in [0.5, 0.6) is 0 Å². The Bertz CT molecular complexity index is 899. The van der Waals surface area contributed by atoms with Gasteiger partial charge in [-0.1, -0.05) is 30.3 Å². The predicted octanol–water partition coefficient (Wildman–Crippen LogP) is 3.76. The Balaban J connectivity index is 1.97. The second-order valence-corrected chi connectivity index (χ2v) is 8.00. The third-order valence-corrected chi connectivity index (χ3v) is 4.12. The number of rotatable bonds is 8. The summed E-state index contributed by atoms with van der Waals surface area (Å²) in [5, 5.41) is 7.75. The smallest absolute Gasteiger partial charge is 0.419 e. The van der Waals surface area contributed by atoms with E-state index in [2.05, 4.69) is 20.9 Å². The number of alkyl halides is 3. The minimum atomic E-state index is -4.54. The lowest BCUT2D eigenvalue weighted by Crippen LogP contribution is -2.50. The van der Waals surface area contributed by atoms with Gasteiger partial charge in [0.1, 0.15) is 17.5 Å². The Hall–Kier alpha value is -3.30. The third-order valence-electron chi connectivity index (χ3n) is 4.12. The van der Waals surface area contributed by atoms with E-state index in [-0.39, 0.29) is 25.3 Å². The number of hydrogen-bond acceptors (Lipinski definition) is 5. The molecule has 1 atom stereocenters. The molecule has 0 aliphatic carbocycles. The summed E-state index contributed by atoms with van der Waals surface area (Å²) in [5.74, 6) is -0.805. The van der Waals surface area contributed by atoms with E-state index in [0.717, 1.165) is 11.6 Å². The molecule has 174 valence electrons. The number of ether oxygens (including phenoxy) is 1. The van der Waals surface area contributed by atoms with Gasteiger partial charge in [-0.15, -0.1) is 0 Å². The molecule has 1 aromatic carbocycles. The van der Waals surface area contributed by atoms with E-state index in [1.54, 1.807) is 20.8 Å². The van der Waals surface area contributed by atoms with Crippen molar-refractivity contribution in [3.63, 3.8) is 0 Å². The molecule has 0 saturated heterocycles. The number of carbonyl (C=O) groups excluding carboxylic acids is 2. The van der Waals surface area contributed by atoms with Crippen molar-refractivity contribution in [2.24, 2.45) is 0 Å². The van der Waals surface area contributed by atoms with Crippen LogP contribution in [0.3, 0.4) is 0 Å². The van der Waals surface area contributed by atoms with Crippen LogP contribution in [0.15, 0.2) is 48.7 Å². The molecule has 0 aliphatic heterocycles. The van der Waals surface area contributed by atoms with Gasteiger partial charge in [0.05, 0.1) is 5.56 Å². The molecule has 0 spiro atoms. The molecule has 2 rings (SSSR count). The summed E-state index contributed by atoms with van der Waals surface area (Å²) >= 11 is 0. The van der Waals surface area contributed by atoms with Crippen molar-refractivity contribution in [1.29, 1.82) is 0 Å². The molecule has 1 unspecified atom stereocenters. The third kappa shape index (κ3) is 8.44. The number of anilines is 1. The number of halogens is 3. The maximum absolute atomic E-state index is 13.0. The van der Waals surface area contributed by atoms with E-state index in [4.69, 9.17) is 4.74 Å². The van der Waals surface area contributed by atoms with Crippen LogP contribution in [-0.4, -0.2) is 41.7 Å². The number of alkyl carbamates (subject to hydrolysis) is 1. The monoisotopic (exact) mass is 452 g/mol. The van der Waals surface area contributed by atoms with Crippen LogP contribution in [0.25, 0.3) is 0 Å². The van der Waals surface area contributed by atoms with Crippen LogP contribution >= 0.6 is 0 Å². The first-order valence-electron chi connectivity index (χ1n) is 10.0. The number of benzene rings is 1. The fourth-order valence-electron chi connectivity index (χ4n) is 2.77. The lowest BCUT2D eigenvalue weighted by atomic mass is 10.1. The topological polar surface area (TPSA) is 92.3 Å². The largest absolute Gasteiger partial charge is 0.444 e. The Kier molecular flexibility index (Phi) is 8.45. The second kappa shape index (κ2) is 10.8. The zero-order valence-electron chi connectivity index (χ0n) is 18.1. The molecule has 3 N–H and O–H groups in total. The first-order chi connectivity index (χ1) is 15.0. The van der Waals surface area contributed by atoms with Crippen molar-refractivity contribution in [3.8, 4) is 0 Å². The molecule has 32 heavy (non-hydrogen) atoms. The molecule has 0 radical (unpaired) electrons. The normalized spacial score (nSPS) is 12.6. The van der Waals surface area contributed by atoms with Crippen LogP contribution in [-0.2, 0) is 22.1 Å². The number of carbonyl (C=O) groups is 2. The van der Waals surface area contributed by atoms with Gasteiger partial charge >= 0.3 is 12.3 Å². The molecule has 2 aromatic rings. The van der Waals surface area contributed by atoms with E-state index in [1.807, 2.05) is 30.3 Å². The van der Waals surface area contributed by atoms with Gasteiger partial charge in [0.2, 0.25) is 5.91 Å². The van der Waals surface area contributed by atoms with Crippen LogP contribution in [0.4, 0.5) is 23.8 Å². The van der Waals surface area contributed by atoms with E-state index in [0.29, 0.717) is 0 Å². The highest BCUT2D eigenvalue weighted by Gasteiger charge is 2.34. The minimum absolute atomic E-state index is 0.0102. The average molecular weight is 452 g/mol. The zero-order chi connectivity index (χ0) is 23.8. The maximum Gasteiger partial charge on any atom is 0.419 e. The van der Waals surface area contributed by atoms with Crippen molar-refractivity contribution in [2.45, 2.75) is 45.0 Å². The lowest BCUT2D eigenvalue weighted by Gasteiger charge is -2.23. The Morgan fingerprint density at radius 1 is 1.03 bits per heavy atom. The predicted molar refractivity (Wildman–Crippen MR) is 114 cm³/mol. The van der Waals surface area contributed by atoms with E-state index in [1.165, 1.54) is 12.3 Å². The van der Waals surface area contributed by atoms with Gasteiger partial charge in [0.15, 0.2) is 0 Å². The molecule has 0 saturated carbocycles. The number of hydrogen-bond donors (Lipinski definition) is 3. The van der Waals surface area contributed by atoms with E-state index >= 15 is 0 Å². The molecule has 7 nitrogen and oxygen atoms in total. The Morgan fingerprint density at radius 3 is 2.34 bits per heavy atom. The molecular weight excluding hydrogens is 425 g/mol. The number of nitrogens with one attached hydrogen (secondary N) is 3. The Morgan fingerprint density at radius 2 is 1.72 bits per heavy atom. The van der Waals surface area contributed by atoms with Crippen LogP contribution in [0.2, 0.25) is 0 Å². The molecule has 1 aromatic heterocycles. The molecule has 0 aliphatic rings. The fourth-order valence-corrected chi connectivity index (χ4v) is 2.77. The van der Waals surface area contributed by atoms with Gasteiger partial charge in [-0.05, 0) is 38.5 Å². The van der Waals surface area contributed by atoms with Crippen LogP contribution in [0, 0.1) is 0 Å². The summed E-state index contributed by atoms with van der Waals surface area (Å²) in [6.45, 7) is 5.15. The summed E-state index contributed by atoms with van der Waals surface area (Å²) in [6.07, 6.45) is -3.82. The van der Waals surface area contributed by atoms with Gasteiger partial charge in [-0.3, -0.25) is 4.79 Å². The van der Waals surface area contributed by atoms with Gasteiger partial charge in [-0.25, -0.2) is 9.78 Å². The van der Waals surface area contributed by atoms with Gasteiger partial charge in [0.25, 0.3) is 0 Å². The maximum atomic E-state index is 13.0. The summed E-state index contributed by atoms with van der Waals surface area (Å²) < 4.78 is 44.3. The SMILES string of the molecule is CC(C)(C)OC(=O)NC(Cc1ccccc1)C(=O)NCCNc1ncccc1C(F)(F)F. The molecule has 2 amide bonds. The summed E-state index contributed by atoms with van der Waals surface area (Å²) in [5.41, 5.74) is -0.800. The van der Waals surface area contributed by atoms with E-state index < -0.39 is 35.4 Å². The highest BCUT2D eigenvalue weighted by Crippen LogP contribution is 2.33. The Labute approximate surface area is 184 Å². The fraction of sp³-hybridized carbons (Fsp3) is 0.409. The molecule has 0 fully saturated rings. The zero-order valence-corrected chi connectivity index (χ0v) is 18.1. The summed E-state index contributed by atoms with van der Waals surface area (Å²) in [6, 6.07) is 10.3. The van der Waals surface area contributed by atoms with E-state index in [9.17, 15) is 22.8 Å². The number of pyridine rings is 1. The molecule has 10 heteroatoms. The molecule has 1 heterocycles. The van der Waals surface area contributed by atoms with Crippen molar-refractivity contribution in [2.75, 3.05) is 18.4 Å². The van der Waals surface area contributed by atoms with Crippen molar-refractivity contribution < 1.29 is 27.5 Å².